The summed E-state index contributed by atoms with van der Waals surface area (Å²) in [6.45, 7) is 0.938. The zero-order valence-electron chi connectivity index (χ0n) is 10.8. The van der Waals surface area contributed by atoms with Gasteiger partial charge in [-0.25, -0.2) is 0 Å². The van der Waals surface area contributed by atoms with Gasteiger partial charge in [0.15, 0.2) is 0 Å². The average Bonchev–Trinajstić information content (AvgIpc) is 2.36. The number of rotatable bonds is 3. The van der Waals surface area contributed by atoms with Crippen LogP contribution in [0.2, 0.25) is 0 Å². The van der Waals surface area contributed by atoms with E-state index in [-0.39, 0.29) is 5.72 Å². The lowest BCUT2D eigenvalue weighted by Gasteiger charge is -2.56. The number of nitrogens with one attached hydrogen (secondary N) is 1. The molecule has 0 spiro atoms. The zero-order chi connectivity index (χ0) is 12.0. The summed E-state index contributed by atoms with van der Waals surface area (Å²) < 4.78 is 6.32. The van der Waals surface area contributed by atoms with E-state index in [1.54, 1.807) is 0 Å². The fourth-order valence-corrected chi connectivity index (χ4v) is 4.41. The molecule has 2 heteroatoms. The van der Waals surface area contributed by atoms with Crippen molar-refractivity contribution in [3.63, 3.8) is 0 Å². The van der Waals surface area contributed by atoms with Crippen LogP contribution in [-0.2, 0) is 11.3 Å². The van der Waals surface area contributed by atoms with Crippen molar-refractivity contribution < 1.29 is 4.74 Å². The first-order valence-electron chi connectivity index (χ1n) is 7.28. The standard InChI is InChI=1S/C16H21NO/c1-2-4-12(5-3-1)11-17-16-9-13-6-14(10-16)8-15(7-13)18-16/h1-5,13-15,17H,6-11H2/t13-,14+,15?,16?. The topological polar surface area (TPSA) is 21.3 Å². The highest BCUT2D eigenvalue weighted by Gasteiger charge is 2.51. The molecule has 18 heavy (non-hydrogen) atoms. The second kappa shape index (κ2) is 4.07. The van der Waals surface area contributed by atoms with Gasteiger partial charge < -0.3 is 4.74 Å². The van der Waals surface area contributed by atoms with E-state index >= 15 is 0 Å². The first kappa shape index (κ1) is 11.0. The van der Waals surface area contributed by atoms with Crippen molar-refractivity contribution in [1.82, 2.24) is 5.32 Å². The van der Waals surface area contributed by atoms with Gasteiger partial charge in [0.25, 0.3) is 0 Å². The fraction of sp³-hybridized carbons (Fsp3) is 0.625. The summed E-state index contributed by atoms with van der Waals surface area (Å²) in [6, 6.07) is 10.7. The Morgan fingerprint density at radius 1 is 1.06 bits per heavy atom. The molecule has 4 fully saturated rings. The summed E-state index contributed by atoms with van der Waals surface area (Å²) in [5.74, 6) is 1.83. The highest BCUT2D eigenvalue weighted by Crippen LogP contribution is 2.51. The minimum absolute atomic E-state index is 0.00455. The Labute approximate surface area is 109 Å². The Morgan fingerprint density at radius 2 is 1.78 bits per heavy atom. The van der Waals surface area contributed by atoms with Gasteiger partial charge >= 0.3 is 0 Å². The quantitative estimate of drug-likeness (QED) is 0.881. The Hall–Kier alpha value is -0.860. The minimum atomic E-state index is 0.00455. The number of hydrogen-bond donors (Lipinski definition) is 1. The van der Waals surface area contributed by atoms with E-state index in [9.17, 15) is 0 Å². The van der Waals surface area contributed by atoms with Crippen LogP contribution in [0.15, 0.2) is 30.3 Å². The molecule has 1 N–H and O–H groups in total. The lowest BCUT2D eigenvalue weighted by atomic mass is 9.65. The van der Waals surface area contributed by atoms with E-state index in [4.69, 9.17) is 4.74 Å². The molecule has 0 amide bonds. The van der Waals surface area contributed by atoms with Crippen molar-refractivity contribution in [2.45, 2.75) is 50.5 Å². The molecule has 0 aromatic heterocycles. The van der Waals surface area contributed by atoms with E-state index in [0.29, 0.717) is 6.10 Å². The van der Waals surface area contributed by atoms with Gasteiger partial charge in [-0.15, -0.1) is 0 Å². The molecule has 2 saturated heterocycles. The van der Waals surface area contributed by atoms with Crippen LogP contribution in [0.1, 0.15) is 37.7 Å². The van der Waals surface area contributed by atoms with Gasteiger partial charge in [0.05, 0.1) is 6.10 Å². The molecule has 2 heterocycles. The first-order valence-corrected chi connectivity index (χ1v) is 7.28. The third kappa shape index (κ3) is 1.88. The maximum atomic E-state index is 6.32. The summed E-state index contributed by atoms with van der Waals surface area (Å²) in [4.78, 5) is 0. The SMILES string of the molecule is c1ccc(CNC23C[C@@H]4CC(C[C@@H](C4)C2)O3)cc1. The highest BCUT2D eigenvalue weighted by atomic mass is 16.5. The molecule has 2 saturated carbocycles. The summed E-state index contributed by atoms with van der Waals surface area (Å²) in [5, 5.41) is 3.72. The van der Waals surface area contributed by atoms with Crippen LogP contribution < -0.4 is 5.32 Å². The predicted molar refractivity (Wildman–Crippen MR) is 71.0 cm³/mol. The molecule has 0 radical (unpaired) electrons. The number of hydrogen-bond acceptors (Lipinski definition) is 2. The summed E-state index contributed by atoms with van der Waals surface area (Å²) in [7, 11) is 0. The Bertz CT molecular complexity index is 393. The smallest absolute Gasteiger partial charge is 0.120 e. The summed E-state index contributed by atoms with van der Waals surface area (Å²) >= 11 is 0. The van der Waals surface area contributed by atoms with Gasteiger partial charge in [-0.1, -0.05) is 30.3 Å². The molecule has 5 rings (SSSR count). The second-order valence-corrected chi connectivity index (χ2v) is 6.42. The molecule has 96 valence electrons. The van der Waals surface area contributed by atoms with Crippen LogP contribution in [0, 0.1) is 11.8 Å². The molecule has 4 bridgehead atoms. The van der Waals surface area contributed by atoms with Crippen LogP contribution in [0.5, 0.6) is 0 Å². The van der Waals surface area contributed by atoms with Crippen molar-refractivity contribution in [3.05, 3.63) is 35.9 Å². The monoisotopic (exact) mass is 243 g/mol. The fourth-order valence-electron chi connectivity index (χ4n) is 4.41. The molecular weight excluding hydrogens is 222 g/mol. The zero-order valence-corrected chi connectivity index (χ0v) is 10.8. The third-order valence-electron chi connectivity index (χ3n) is 4.95. The normalized spacial score (nSPS) is 41.2. The van der Waals surface area contributed by atoms with E-state index < -0.39 is 0 Å². The molecule has 4 aliphatic rings. The Balaban J connectivity index is 1.48. The number of benzene rings is 1. The number of ether oxygens (including phenoxy) is 1. The summed E-state index contributed by atoms with van der Waals surface area (Å²) in [5.41, 5.74) is 1.36. The lowest BCUT2D eigenvalue weighted by molar-refractivity contribution is -0.234. The Kier molecular flexibility index (Phi) is 2.49. The molecule has 4 atom stereocenters. The van der Waals surface area contributed by atoms with Gasteiger partial charge in [0.2, 0.25) is 0 Å². The maximum absolute atomic E-state index is 6.32. The molecule has 2 nitrogen and oxygen atoms in total. The molecule has 1 aromatic carbocycles. The van der Waals surface area contributed by atoms with E-state index in [2.05, 4.69) is 35.6 Å². The molecule has 2 unspecified atom stereocenters. The highest BCUT2D eigenvalue weighted by molar-refractivity contribution is 5.15. The van der Waals surface area contributed by atoms with Gasteiger partial charge in [-0.3, -0.25) is 5.32 Å². The van der Waals surface area contributed by atoms with Crippen molar-refractivity contribution >= 4 is 0 Å². The predicted octanol–water partition coefficient (Wildman–Crippen LogP) is 3.08. The maximum Gasteiger partial charge on any atom is 0.120 e. The van der Waals surface area contributed by atoms with Gasteiger partial charge in [0, 0.05) is 6.54 Å². The molecule has 1 aromatic rings. The molecular formula is C16H21NO. The largest absolute Gasteiger partial charge is 0.357 e. The van der Waals surface area contributed by atoms with Gasteiger partial charge in [0.1, 0.15) is 5.72 Å². The van der Waals surface area contributed by atoms with Crippen LogP contribution in [0.3, 0.4) is 0 Å². The summed E-state index contributed by atoms with van der Waals surface area (Å²) in [6.07, 6.45) is 7.07. The second-order valence-electron chi connectivity index (χ2n) is 6.42. The average molecular weight is 243 g/mol. The van der Waals surface area contributed by atoms with Crippen LogP contribution in [-0.4, -0.2) is 11.8 Å². The van der Waals surface area contributed by atoms with Crippen molar-refractivity contribution in [1.29, 1.82) is 0 Å². The van der Waals surface area contributed by atoms with Gasteiger partial charge in [-0.2, -0.15) is 0 Å². The van der Waals surface area contributed by atoms with Crippen molar-refractivity contribution in [2.24, 2.45) is 11.8 Å². The van der Waals surface area contributed by atoms with E-state index in [0.717, 1.165) is 18.4 Å². The Morgan fingerprint density at radius 3 is 2.44 bits per heavy atom. The molecule has 2 aliphatic heterocycles. The van der Waals surface area contributed by atoms with Crippen LogP contribution >= 0.6 is 0 Å². The van der Waals surface area contributed by atoms with Gasteiger partial charge in [-0.05, 0) is 49.5 Å². The molecule has 2 aliphatic carbocycles. The van der Waals surface area contributed by atoms with E-state index in [1.165, 1.54) is 37.7 Å². The third-order valence-corrected chi connectivity index (χ3v) is 4.95. The minimum Gasteiger partial charge on any atom is -0.357 e. The van der Waals surface area contributed by atoms with E-state index in [1.807, 2.05) is 0 Å². The van der Waals surface area contributed by atoms with Crippen molar-refractivity contribution in [3.8, 4) is 0 Å². The van der Waals surface area contributed by atoms with Crippen molar-refractivity contribution in [2.75, 3.05) is 0 Å². The van der Waals surface area contributed by atoms with Crippen LogP contribution in [0.4, 0.5) is 0 Å². The lowest BCUT2D eigenvalue weighted by Crippen LogP contribution is -2.61. The first-order chi connectivity index (χ1) is 8.81. The van der Waals surface area contributed by atoms with Crippen LogP contribution in [0.25, 0.3) is 0 Å².